The molecule has 0 radical (unpaired) electrons. The maximum absolute atomic E-state index is 14.7. The molecule has 1 atom stereocenters. The van der Waals surface area contributed by atoms with Gasteiger partial charge in [0, 0.05) is 18.7 Å². The second-order valence-corrected chi connectivity index (χ2v) is 7.87. The fraction of sp³-hybridized carbons (Fsp3) is 0.333. The molecule has 3 aromatic rings. The Morgan fingerprint density at radius 3 is 2.67 bits per heavy atom. The van der Waals surface area contributed by atoms with Gasteiger partial charge in [-0.3, -0.25) is 9.59 Å². The maximum atomic E-state index is 14.7. The Labute approximate surface area is 174 Å². The number of ether oxygens (including phenoxy) is 1. The van der Waals surface area contributed by atoms with Gasteiger partial charge in [-0.25, -0.2) is 4.39 Å². The lowest BCUT2D eigenvalue weighted by Crippen LogP contribution is -2.32. The molecule has 2 heterocycles. The number of carbonyl (C=O) groups is 1. The number of rotatable bonds is 6. The van der Waals surface area contributed by atoms with Crippen LogP contribution in [-0.4, -0.2) is 30.1 Å². The number of nitrogens with zero attached hydrogens (tertiary/aromatic N) is 1. The first-order valence-electron chi connectivity index (χ1n) is 10.1. The summed E-state index contributed by atoms with van der Waals surface area (Å²) >= 11 is 0. The Morgan fingerprint density at radius 2 is 1.93 bits per heavy atom. The number of hydrogen-bond acceptors (Lipinski definition) is 4. The molecule has 1 aliphatic rings. The van der Waals surface area contributed by atoms with Gasteiger partial charge in [-0.2, -0.15) is 0 Å². The van der Waals surface area contributed by atoms with Crippen LogP contribution in [0.1, 0.15) is 53.6 Å². The number of fused-ring (bicyclic) bond motifs is 2. The van der Waals surface area contributed by atoms with Crippen molar-refractivity contribution in [3.63, 3.8) is 0 Å². The number of halogens is 1. The Hall–Kier alpha value is -2.99. The molecule has 2 aromatic carbocycles. The van der Waals surface area contributed by atoms with Gasteiger partial charge in [0.25, 0.3) is 5.91 Å². The van der Waals surface area contributed by atoms with Crippen LogP contribution in [0.2, 0.25) is 0 Å². The fourth-order valence-corrected chi connectivity index (χ4v) is 3.94. The van der Waals surface area contributed by atoms with E-state index in [0.29, 0.717) is 30.5 Å². The van der Waals surface area contributed by atoms with Gasteiger partial charge < -0.3 is 14.1 Å². The number of carbonyl (C=O) groups excluding carboxylic acids is 1. The van der Waals surface area contributed by atoms with Crippen molar-refractivity contribution < 1.29 is 18.3 Å². The molecule has 156 valence electrons. The first-order valence-corrected chi connectivity index (χ1v) is 10.1. The van der Waals surface area contributed by atoms with E-state index in [0.717, 1.165) is 5.56 Å². The van der Waals surface area contributed by atoms with Crippen LogP contribution in [0, 0.1) is 12.7 Å². The highest BCUT2D eigenvalue weighted by Gasteiger charge is 2.43. The summed E-state index contributed by atoms with van der Waals surface area (Å²) in [6, 6.07) is 10.7. The predicted molar refractivity (Wildman–Crippen MR) is 112 cm³/mol. The van der Waals surface area contributed by atoms with E-state index in [1.54, 1.807) is 30.3 Å². The minimum absolute atomic E-state index is 0.00520. The van der Waals surface area contributed by atoms with Crippen LogP contribution in [0.5, 0.6) is 0 Å². The quantitative estimate of drug-likeness (QED) is 0.558. The van der Waals surface area contributed by atoms with E-state index in [9.17, 15) is 14.0 Å². The Morgan fingerprint density at radius 1 is 1.17 bits per heavy atom. The molecule has 1 aliphatic heterocycles. The van der Waals surface area contributed by atoms with E-state index >= 15 is 0 Å². The standard InChI is InChI=1S/C24H24FNO4/c1-14(2)29-12-6-11-26-21(16-7-4-5-8-18(16)25)20-22(27)17-13-15(3)9-10-19(17)30-23(20)24(26)28/h4-5,7-10,13-14,21H,6,11-12H2,1-3H3/t21-/m1/s1. The highest BCUT2D eigenvalue weighted by atomic mass is 19.1. The van der Waals surface area contributed by atoms with Crippen molar-refractivity contribution in [2.75, 3.05) is 13.2 Å². The molecule has 0 saturated carbocycles. The summed E-state index contributed by atoms with van der Waals surface area (Å²) in [7, 11) is 0. The third-order valence-corrected chi connectivity index (χ3v) is 5.32. The van der Waals surface area contributed by atoms with Crippen LogP contribution in [-0.2, 0) is 4.74 Å². The second kappa shape index (κ2) is 8.03. The molecule has 0 N–H and O–H groups in total. The summed E-state index contributed by atoms with van der Waals surface area (Å²) in [6.45, 7) is 6.55. The molecule has 6 heteroatoms. The minimum Gasteiger partial charge on any atom is -0.450 e. The van der Waals surface area contributed by atoms with Gasteiger partial charge in [0.15, 0.2) is 5.43 Å². The van der Waals surface area contributed by atoms with E-state index in [1.807, 2.05) is 26.8 Å². The molecule has 1 amide bonds. The molecular formula is C24H24FNO4. The average molecular weight is 409 g/mol. The average Bonchev–Trinajstić information content (AvgIpc) is 2.98. The Kier molecular flexibility index (Phi) is 5.43. The SMILES string of the molecule is Cc1ccc2oc3c(c(=O)c2c1)[C@@H](c1ccccc1F)N(CCCOC(C)C)C3=O. The molecular weight excluding hydrogens is 385 g/mol. The summed E-state index contributed by atoms with van der Waals surface area (Å²) < 4.78 is 26.2. The van der Waals surface area contributed by atoms with Gasteiger partial charge >= 0.3 is 0 Å². The lowest BCUT2D eigenvalue weighted by Gasteiger charge is -2.25. The van der Waals surface area contributed by atoms with Crippen molar-refractivity contribution in [3.8, 4) is 0 Å². The van der Waals surface area contributed by atoms with Crippen LogP contribution in [0.15, 0.2) is 51.7 Å². The molecule has 0 saturated heterocycles. The van der Waals surface area contributed by atoms with E-state index < -0.39 is 17.8 Å². The minimum atomic E-state index is -0.825. The molecule has 0 unspecified atom stereocenters. The van der Waals surface area contributed by atoms with Gasteiger partial charge in [-0.1, -0.05) is 29.8 Å². The molecule has 30 heavy (non-hydrogen) atoms. The summed E-state index contributed by atoms with van der Waals surface area (Å²) in [4.78, 5) is 28.1. The fourth-order valence-electron chi connectivity index (χ4n) is 3.94. The lowest BCUT2D eigenvalue weighted by molar-refractivity contribution is 0.0592. The molecule has 1 aromatic heterocycles. The van der Waals surface area contributed by atoms with Gasteiger partial charge in [0.2, 0.25) is 5.76 Å². The molecule has 0 spiro atoms. The van der Waals surface area contributed by atoms with Crippen molar-refractivity contribution in [3.05, 3.63) is 81.0 Å². The second-order valence-electron chi connectivity index (χ2n) is 7.87. The summed E-state index contributed by atoms with van der Waals surface area (Å²) in [5, 5.41) is 0.396. The van der Waals surface area contributed by atoms with Crippen molar-refractivity contribution in [1.29, 1.82) is 0 Å². The zero-order valence-corrected chi connectivity index (χ0v) is 17.3. The molecule has 0 aliphatic carbocycles. The largest absolute Gasteiger partial charge is 0.450 e. The molecule has 5 nitrogen and oxygen atoms in total. The van der Waals surface area contributed by atoms with Crippen molar-refractivity contribution >= 4 is 16.9 Å². The van der Waals surface area contributed by atoms with Crippen LogP contribution in [0.3, 0.4) is 0 Å². The van der Waals surface area contributed by atoms with E-state index in [2.05, 4.69) is 0 Å². The van der Waals surface area contributed by atoms with Crippen molar-refractivity contribution in [2.45, 2.75) is 39.3 Å². The number of aryl methyl sites for hydroxylation is 1. The smallest absolute Gasteiger partial charge is 0.290 e. The van der Waals surface area contributed by atoms with E-state index in [4.69, 9.17) is 9.15 Å². The van der Waals surface area contributed by atoms with E-state index in [-0.39, 0.29) is 28.4 Å². The zero-order chi connectivity index (χ0) is 21.4. The van der Waals surface area contributed by atoms with Crippen LogP contribution >= 0.6 is 0 Å². The number of benzene rings is 2. The summed E-state index contributed by atoms with van der Waals surface area (Å²) in [5.74, 6) is -0.868. The van der Waals surface area contributed by atoms with Gasteiger partial charge in [0.1, 0.15) is 11.4 Å². The van der Waals surface area contributed by atoms with E-state index in [1.165, 1.54) is 11.0 Å². The topological polar surface area (TPSA) is 59.8 Å². The van der Waals surface area contributed by atoms with Crippen molar-refractivity contribution in [2.24, 2.45) is 0 Å². The summed E-state index contributed by atoms with van der Waals surface area (Å²) in [5.41, 5.74) is 1.46. The first-order chi connectivity index (χ1) is 14.4. The monoisotopic (exact) mass is 409 g/mol. The van der Waals surface area contributed by atoms with Crippen molar-refractivity contribution in [1.82, 2.24) is 4.90 Å². The lowest BCUT2D eigenvalue weighted by atomic mass is 9.97. The van der Waals surface area contributed by atoms with Crippen LogP contribution in [0.25, 0.3) is 11.0 Å². The highest BCUT2D eigenvalue weighted by Crippen LogP contribution is 2.39. The molecule has 4 rings (SSSR count). The molecule has 0 fully saturated rings. The normalized spacial score (nSPS) is 16.0. The highest BCUT2D eigenvalue weighted by molar-refractivity contribution is 5.99. The third-order valence-electron chi connectivity index (χ3n) is 5.32. The van der Waals surface area contributed by atoms with Crippen LogP contribution in [0.4, 0.5) is 4.39 Å². The van der Waals surface area contributed by atoms with Gasteiger partial charge in [-0.05, 0) is 45.4 Å². The Balaban J connectivity index is 1.84. The zero-order valence-electron chi connectivity index (χ0n) is 17.3. The third kappa shape index (κ3) is 3.52. The van der Waals surface area contributed by atoms with Gasteiger partial charge in [-0.15, -0.1) is 0 Å². The maximum Gasteiger partial charge on any atom is 0.290 e. The predicted octanol–water partition coefficient (Wildman–Crippen LogP) is 4.60. The van der Waals surface area contributed by atoms with Gasteiger partial charge in [0.05, 0.1) is 23.1 Å². The van der Waals surface area contributed by atoms with Crippen LogP contribution < -0.4 is 5.43 Å². The molecule has 0 bridgehead atoms. The number of amides is 1. The first kappa shape index (κ1) is 20.3. The Bertz CT molecular complexity index is 1170. The summed E-state index contributed by atoms with van der Waals surface area (Å²) in [6.07, 6.45) is 0.644. The number of hydrogen-bond donors (Lipinski definition) is 0.